The Morgan fingerprint density at radius 3 is 1.43 bits per heavy atom. The molecule has 0 aliphatic heterocycles. The molecule has 2 aromatic rings. The standard InChI is InChI=1S/C20H24N2O4S2/c23-19(21-17-7-3-1-4-8-17)27-15-13-25-11-12-26-14-16-28-20(24)22-18-9-5-2-6-10-18/h1-10H,11-16H2,(H,21,23)(H,22,24). The van der Waals surface area contributed by atoms with E-state index in [4.69, 9.17) is 9.47 Å². The fourth-order valence-corrected chi connectivity index (χ4v) is 3.21. The number of hydrogen-bond acceptors (Lipinski definition) is 6. The lowest BCUT2D eigenvalue weighted by Gasteiger charge is -2.07. The van der Waals surface area contributed by atoms with Gasteiger partial charge in [0.2, 0.25) is 0 Å². The Kier molecular flexibility index (Phi) is 11.2. The van der Waals surface area contributed by atoms with Crippen LogP contribution in [0.25, 0.3) is 0 Å². The molecule has 150 valence electrons. The molecule has 2 rings (SSSR count). The number of carbonyl (C=O) groups excluding carboxylic acids is 2. The van der Waals surface area contributed by atoms with Crippen LogP contribution in [0.5, 0.6) is 0 Å². The summed E-state index contributed by atoms with van der Waals surface area (Å²) in [6.45, 7) is 1.87. The zero-order valence-corrected chi connectivity index (χ0v) is 17.1. The van der Waals surface area contributed by atoms with Gasteiger partial charge in [0, 0.05) is 22.9 Å². The normalized spacial score (nSPS) is 10.4. The molecular weight excluding hydrogens is 396 g/mol. The van der Waals surface area contributed by atoms with E-state index in [0.717, 1.165) is 11.4 Å². The molecule has 0 atom stereocenters. The van der Waals surface area contributed by atoms with Crippen molar-refractivity contribution in [3.05, 3.63) is 60.7 Å². The Hall–Kier alpha value is -2.00. The van der Waals surface area contributed by atoms with Crippen LogP contribution in [0.1, 0.15) is 0 Å². The second-order valence-electron chi connectivity index (χ2n) is 5.48. The molecule has 2 N–H and O–H groups in total. The number of ether oxygens (including phenoxy) is 2. The number of amides is 2. The van der Waals surface area contributed by atoms with Gasteiger partial charge in [0.05, 0.1) is 26.4 Å². The van der Waals surface area contributed by atoms with Crippen molar-refractivity contribution in [3.63, 3.8) is 0 Å². The summed E-state index contributed by atoms with van der Waals surface area (Å²) in [5.74, 6) is 1.16. The molecule has 28 heavy (non-hydrogen) atoms. The van der Waals surface area contributed by atoms with Gasteiger partial charge in [-0.3, -0.25) is 9.59 Å². The average Bonchev–Trinajstić information content (AvgIpc) is 2.71. The molecule has 2 aromatic carbocycles. The van der Waals surface area contributed by atoms with Gasteiger partial charge >= 0.3 is 0 Å². The molecule has 0 saturated heterocycles. The first-order valence-electron chi connectivity index (χ1n) is 8.87. The second kappa shape index (κ2) is 14.1. The third-order valence-corrected chi connectivity index (χ3v) is 4.80. The van der Waals surface area contributed by atoms with Crippen LogP contribution in [-0.4, -0.2) is 48.4 Å². The molecule has 6 nitrogen and oxygen atoms in total. The summed E-state index contributed by atoms with van der Waals surface area (Å²) < 4.78 is 10.9. The van der Waals surface area contributed by atoms with E-state index < -0.39 is 0 Å². The minimum Gasteiger partial charge on any atom is -0.378 e. The Labute approximate surface area is 173 Å². The van der Waals surface area contributed by atoms with Crippen LogP contribution in [0.3, 0.4) is 0 Å². The van der Waals surface area contributed by atoms with E-state index in [0.29, 0.717) is 37.9 Å². The summed E-state index contributed by atoms with van der Waals surface area (Å²) in [4.78, 5) is 23.5. The maximum absolute atomic E-state index is 11.7. The van der Waals surface area contributed by atoms with Crippen molar-refractivity contribution >= 4 is 45.4 Å². The number of thioether (sulfide) groups is 2. The third kappa shape index (κ3) is 10.4. The molecule has 0 bridgehead atoms. The van der Waals surface area contributed by atoms with Gasteiger partial charge in [0.25, 0.3) is 10.5 Å². The van der Waals surface area contributed by atoms with Crippen molar-refractivity contribution in [1.82, 2.24) is 0 Å². The van der Waals surface area contributed by atoms with E-state index >= 15 is 0 Å². The highest BCUT2D eigenvalue weighted by Crippen LogP contribution is 2.11. The molecule has 0 fully saturated rings. The van der Waals surface area contributed by atoms with Gasteiger partial charge in [-0.25, -0.2) is 0 Å². The zero-order chi connectivity index (χ0) is 19.9. The minimum absolute atomic E-state index is 0.100. The molecule has 0 radical (unpaired) electrons. The number of hydrogen-bond donors (Lipinski definition) is 2. The average molecular weight is 421 g/mol. The van der Waals surface area contributed by atoms with Gasteiger partial charge < -0.3 is 20.1 Å². The number of rotatable bonds is 11. The first kappa shape index (κ1) is 22.3. The SMILES string of the molecule is O=C(Nc1ccccc1)SCCOCCOCCSC(=O)Nc1ccccc1. The summed E-state index contributed by atoms with van der Waals surface area (Å²) in [6.07, 6.45) is 0. The maximum atomic E-state index is 11.7. The van der Waals surface area contributed by atoms with Crippen LogP contribution < -0.4 is 10.6 Å². The van der Waals surface area contributed by atoms with Crippen LogP contribution in [0.2, 0.25) is 0 Å². The first-order chi connectivity index (χ1) is 13.7. The van der Waals surface area contributed by atoms with Crippen LogP contribution in [0.4, 0.5) is 21.0 Å². The van der Waals surface area contributed by atoms with Gasteiger partial charge in [-0.2, -0.15) is 0 Å². The lowest BCUT2D eigenvalue weighted by Crippen LogP contribution is -2.11. The number of carbonyl (C=O) groups is 2. The Morgan fingerprint density at radius 2 is 1.04 bits per heavy atom. The Bertz CT molecular complexity index is 640. The fourth-order valence-electron chi connectivity index (χ4n) is 2.06. The van der Waals surface area contributed by atoms with E-state index in [1.165, 1.54) is 23.5 Å². The van der Waals surface area contributed by atoms with Gasteiger partial charge in [-0.05, 0) is 24.3 Å². The monoisotopic (exact) mass is 420 g/mol. The third-order valence-electron chi connectivity index (χ3n) is 3.33. The number of benzene rings is 2. The summed E-state index contributed by atoms with van der Waals surface area (Å²) >= 11 is 2.37. The maximum Gasteiger partial charge on any atom is 0.283 e. The zero-order valence-electron chi connectivity index (χ0n) is 15.5. The molecule has 2 amide bonds. The van der Waals surface area contributed by atoms with Crippen molar-refractivity contribution < 1.29 is 19.1 Å². The van der Waals surface area contributed by atoms with Crippen LogP contribution >= 0.6 is 23.5 Å². The van der Waals surface area contributed by atoms with E-state index in [-0.39, 0.29) is 10.5 Å². The van der Waals surface area contributed by atoms with E-state index in [2.05, 4.69) is 10.6 Å². The second-order valence-corrected chi connectivity index (χ2v) is 7.61. The van der Waals surface area contributed by atoms with Crippen molar-refractivity contribution in [2.45, 2.75) is 0 Å². The molecule has 0 spiro atoms. The van der Waals surface area contributed by atoms with E-state index in [1.807, 2.05) is 60.7 Å². The highest BCUT2D eigenvalue weighted by molar-refractivity contribution is 8.14. The fraction of sp³-hybridized carbons (Fsp3) is 0.300. The quantitative estimate of drug-likeness (QED) is 0.501. The lowest BCUT2D eigenvalue weighted by molar-refractivity contribution is 0.0605. The molecule has 0 aliphatic carbocycles. The van der Waals surface area contributed by atoms with E-state index in [1.54, 1.807) is 0 Å². The van der Waals surface area contributed by atoms with E-state index in [9.17, 15) is 9.59 Å². The molecule has 0 saturated carbocycles. The topological polar surface area (TPSA) is 76.7 Å². The summed E-state index contributed by atoms with van der Waals surface area (Å²) in [5.41, 5.74) is 1.56. The number of nitrogens with one attached hydrogen (secondary N) is 2. The predicted molar refractivity (Wildman–Crippen MR) is 117 cm³/mol. The van der Waals surface area contributed by atoms with Crippen LogP contribution in [-0.2, 0) is 9.47 Å². The van der Waals surface area contributed by atoms with Crippen molar-refractivity contribution in [2.24, 2.45) is 0 Å². The van der Waals surface area contributed by atoms with Gasteiger partial charge in [0.15, 0.2) is 0 Å². The smallest absolute Gasteiger partial charge is 0.283 e. The van der Waals surface area contributed by atoms with Crippen LogP contribution in [0.15, 0.2) is 60.7 Å². The Morgan fingerprint density at radius 1 is 0.643 bits per heavy atom. The Balaban J connectivity index is 1.37. The van der Waals surface area contributed by atoms with Gasteiger partial charge in [0.1, 0.15) is 0 Å². The molecular formula is C20H24N2O4S2. The minimum atomic E-state index is -0.100. The number of anilines is 2. The molecule has 0 unspecified atom stereocenters. The van der Waals surface area contributed by atoms with Gasteiger partial charge in [-0.1, -0.05) is 59.9 Å². The van der Waals surface area contributed by atoms with Crippen LogP contribution in [0, 0.1) is 0 Å². The van der Waals surface area contributed by atoms with Crippen molar-refractivity contribution in [3.8, 4) is 0 Å². The summed E-state index contributed by atoms with van der Waals surface area (Å²) in [6, 6.07) is 18.7. The molecule has 0 aromatic heterocycles. The highest BCUT2D eigenvalue weighted by atomic mass is 32.2. The van der Waals surface area contributed by atoms with Crippen molar-refractivity contribution in [2.75, 3.05) is 48.6 Å². The predicted octanol–water partition coefficient (Wildman–Crippen LogP) is 4.95. The molecule has 8 heteroatoms. The molecule has 0 heterocycles. The summed E-state index contributed by atoms with van der Waals surface area (Å²) in [7, 11) is 0. The first-order valence-corrected chi connectivity index (χ1v) is 10.8. The number of para-hydroxylation sites is 2. The largest absolute Gasteiger partial charge is 0.378 e. The molecule has 0 aliphatic rings. The lowest BCUT2D eigenvalue weighted by atomic mass is 10.3. The summed E-state index contributed by atoms with van der Waals surface area (Å²) in [5, 5.41) is 5.40. The highest BCUT2D eigenvalue weighted by Gasteiger charge is 2.03. The van der Waals surface area contributed by atoms with Crippen molar-refractivity contribution in [1.29, 1.82) is 0 Å². The van der Waals surface area contributed by atoms with Gasteiger partial charge in [-0.15, -0.1) is 0 Å².